The molecule has 2 aromatic rings. The number of anilines is 1. The van der Waals surface area contributed by atoms with Crippen molar-refractivity contribution in [1.82, 2.24) is 9.78 Å². The number of hydrogen-bond donors (Lipinski definition) is 1. The fourth-order valence-electron chi connectivity index (χ4n) is 3.11. The van der Waals surface area contributed by atoms with Gasteiger partial charge in [0.05, 0.1) is 29.5 Å². The second kappa shape index (κ2) is 7.78. The van der Waals surface area contributed by atoms with Crippen molar-refractivity contribution >= 4 is 11.7 Å². The quantitative estimate of drug-likeness (QED) is 0.735. The van der Waals surface area contributed by atoms with Crippen LogP contribution >= 0.6 is 0 Å². The third kappa shape index (κ3) is 4.77. The molecule has 1 N–H and O–H groups in total. The number of nitrogens with zero attached hydrogens (tertiary/aromatic N) is 2. The summed E-state index contributed by atoms with van der Waals surface area (Å²) in [7, 11) is 0. The van der Waals surface area contributed by atoms with Crippen LogP contribution in [0.4, 0.5) is 23.4 Å². The fourth-order valence-corrected chi connectivity index (χ4v) is 3.11. The molecule has 1 aliphatic heterocycles. The fraction of sp³-hybridized carbons (Fsp3) is 0.500. The molecule has 0 aliphatic carbocycles. The molecular weight excluding hydrogens is 390 g/mol. The first-order chi connectivity index (χ1) is 13.5. The minimum absolute atomic E-state index is 0.0661. The molecule has 1 atom stereocenters. The van der Waals surface area contributed by atoms with E-state index < -0.39 is 29.0 Å². The van der Waals surface area contributed by atoms with Crippen LogP contribution < -0.4 is 5.32 Å². The lowest BCUT2D eigenvalue weighted by Crippen LogP contribution is -2.22. The zero-order valence-corrected chi connectivity index (χ0v) is 16.4. The molecule has 2 heterocycles. The third-order valence-corrected chi connectivity index (χ3v) is 4.74. The molecule has 1 amide bonds. The van der Waals surface area contributed by atoms with Gasteiger partial charge in [0, 0.05) is 18.1 Å². The molecule has 0 spiro atoms. The number of aromatic nitrogens is 2. The number of ether oxygens (including phenoxy) is 1. The molecule has 1 aromatic carbocycles. The van der Waals surface area contributed by atoms with E-state index in [-0.39, 0.29) is 17.3 Å². The molecule has 5 nitrogen and oxygen atoms in total. The van der Waals surface area contributed by atoms with E-state index in [4.69, 9.17) is 4.74 Å². The van der Waals surface area contributed by atoms with Crippen LogP contribution in [0, 0.1) is 5.82 Å². The summed E-state index contributed by atoms with van der Waals surface area (Å²) in [4.78, 5) is 12.6. The Bertz CT molecular complexity index is 894. The van der Waals surface area contributed by atoms with Crippen molar-refractivity contribution in [3.63, 3.8) is 0 Å². The number of hydrogen-bond acceptors (Lipinski definition) is 3. The van der Waals surface area contributed by atoms with Gasteiger partial charge in [-0.3, -0.25) is 4.79 Å². The summed E-state index contributed by atoms with van der Waals surface area (Å²) < 4.78 is 60.3. The lowest BCUT2D eigenvalue weighted by molar-refractivity contribution is -0.140. The predicted octanol–water partition coefficient (Wildman–Crippen LogP) is 4.77. The Morgan fingerprint density at radius 2 is 2.03 bits per heavy atom. The van der Waals surface area contributed by atoms with Gasteiger partial charge < -0.3 is 10.1 Å². The highest BCUT2D eigenvalue weighted by Gasteiger charge is 2.36. The van der Waals surface area contributed by atoms with Crippen molar-refractivity contribution in [2.75, 3.05) is 11.9 Å². The van der Waals surface area contributed by atoms with Crippen molar-refractivity contribution in [2.45, 2.75) is 57.9 Å². The zero-order valence-electron chi connectivity index (χ0n) is 16.4. The number of rotatable bonds is 4. The lowest BCUT2D eigenvalue weighted by atomic mass is 9.92. The molecule has 0 saturated carbocycles. The summed E-state index contributed by atoms with van der Waals surface area (Å²) in [6.45, 7) is 6.88. The first kappa shape index (κ1) is 21.3. The van der Waals surface area contributed by atoms with Gasteiger partial charge in [-0.2, -0.15) is 18.3 Å². The Morgan fingerprint density at radius 3 is 2.62 bits per heavy atom. The van der Waals surface area contributed by atoms with E-state index in [0.29, 0.717) is 24.9 Å². The summed E-state index contributed by atoms with van der Waals surface area (Å²) >= 11 is 0. The summed E-state index contributed by atoms with van der Waals surface area (Å²) in [6.07, 6.45) is -3.18. The van der Waals surface area contributed by atoms with Crippen LogP contribution in [0.3, 0.4) is 0 Å². The van der Waals surface area contributed by atoms with Crippen molar-refractivity contribution in [1.29, 1.82) is 0 Å². The Morgan fingerprint density at radius 1 is 1.31 bits per heavy atom. The smallest absolute Gasteiger partial charge is 0.376 e. The van der Waals surface area contributed by atoms with E-state index in [9.17, 15) is 22.4 Å². The van der Waals surface area contributed by atoms with E-state index in [1.807, 2.05) is 20.8 Å². The summed E-state index contributed by atoms with van der Waals surface area (Å²) in [5.74, 6) is -2.28. The second-order valence-electron chi connectivity index (χ2n) is 8.10. The van der Waals surface area contributed by atoms with Gasteiger partial charge in [-0.15, -0.1) is 0 Å². The van der Waals surface area contributed by atoms with Crippen LogP contribution in [0.5, 0.6) is 0 Å². The Labute approximate surface area is 166 Å². The molecule has 1 fully saturated rings. The molecule has 1 aromatic heterocycles. The molecule has 158 valence electrons. The summed E-state index contributed by atoms with van der Waals surface area (Å²) in [6, 6.07) is 4.28. The number of alkyl halides is 3. The van der Waals surface area contributed by atoms with Crippen LogP contribution in [0.2, 0.25) is 0 Å². The number of halogens is 4. The number of carbonyl (C=O) groups excluding carboxylic acids is 1. The third-order valence-electron chi connectivity index (χ3n) is 4.74. The minimum atomic E-state index is -4.89. The van der Waals surface area contributed by atoms with Crippen LogP contribution in [0.25, 0.3) is 0 Å². The van der Waals surface area contributed by atoms with E-state index in [1.54, 1.807) is 10.7 Å². The average Bonchev–Trinajstić information content (AvgIpc) is 3.24. The summed E-state index contributed by atoms with van der Waals surface area (Å²) in [5, 5.41) is 7.03. The maximum Gasteiger partial charge on any atom is 0.419 e. The summed E-state index contributed by atoms with van der Waals surface area (Å²) in [5.41, 5.74) is -1.78. The number of carbonyl (C=O) groups is 1. The van der Waals surface area contributed by atoms with Gasteiger partial charge >= 0.3 is 6.18 Å². The van der Waals surface area contributed by atoms with Crippen molar-refractivity contribution in [3.8, 4) is 0 Å². The molecule has 0 bridgehead atoms. The molecule has 1 saturated heterocycles. The largest absolute Gasteiger partial charge is 0.419 e. The molecule has 0 radical (unpaired) electrons. The highest BCUT2D eigenvalue weighted by Crippen LogP contribution is 2.33. The van der Waals surface area contributed by atoms with Crippen molar-refractivity contribution in [2.24, 2.45) is 0 Å². The van der Waals surface area contributed by atoms with Gasteiger partial charge in [0.2, 0.25) is 0 Å². The zero-order chi connectivity index (χ0) is 21.4. The van der Waals surface area contributed by atoms with E-state index in [2.05, 4.69) is 10.4 Å². The van der Waals surface area contributed by atoms with Gasteiger partial charge in [0.1, 0.15) is 11.6 Å². The molecule has 1 unspecified atom stereocenters. The number of nitrogens with one attached hydrogen (secondary N) is 1. The normalized spacial score (nSPS) is 17.6. The Hall–Kier alpha value is -2.42. The van der Waals surface area contributed by atoms with E-state index in [1.165, 1.54) is 0 Å². The highest BCUT2D eigenvalue weighted by atomic mass is 19.4. The Kier molecular flexibility index (Phi) is 5.71. The first-order valence-corrected chi connectivity index (χ1v) is 9.34. The SMILES string of the molecule is CC(C)(C)c1cc(NC(=O)c2cccc(C(F)(F)F)c2F)n(CC2CCCO2)n1. The van der Waals surface area contributed by atoms with Crippen LogP contribution in [-0.2, 0) is 22.9 Å². The average molecular weight is 413 g/mol. The topological polar surface area (TPSA) is 56.2 Å². The van der Waals surface area contributed by atoms with E-state index >= 15 is 0 Å². The van der Waals surface area contributed by atoms with Gasteiger partial charge in [-0.1, -0.05) is 26.8 Å². The first-order valence-electron chi connectivity index (χ1n) is 9.34. The maximum absolute atomic E-state index is 14.3. The Balaban J connectivity index is 1.90. The molecule has 9 heteroatoms. The van der Waals surface area contributed by atoms with E-state index in [0.717, 1.165) is 25.0 Å². The van der Waals surface area contributed by atoms with Crippen molar-refractivity contribution < 1.29 is 27.1 Å². The number of amides is 1. The second-order valence-corrected chi connectivity index (χ2v) is 8.10. The predicted molar refractivity (Wildman–Crippen MR) is 99.3 cm³/mol. The molecule has 3 rings (SSSR count). The van der Waals surface area contributed by atoms with Gasteiger partial charge in [0.25, 0.3) is 5.91 Å². The maximum atomic E-state index is 14.3. The number of benzene rings is 1. The van der Waals surface area contributed by atoms with Gasteiger partial charge in [-0.25, -0.2) is 9.07 Å². The van der Waals surface area contributed by atoms with Crippen molar-refractivity contribution in [3.05, 3.63) is 46.9 Å². The molecule has 29 heavy (non-hydrogen) atoms. The molecule has 1 aliphatic rings. The standard InChI is InChI=1S/C20H23F4N3O2/c1-19(2,3)15-10-16(27(26-15)11-12-6-5-9-29-12)25-18(28)13-7-4-8-14(17(13)21)20(22,23)24/h4,7-8,10,12H,5-6,9,11H2,1-3H3,(H,25,28). The van der Waals surface area contributed by atoms with Gasteiger partial charge in [0.15, 0.2) is 0 Å². The van der Waals surface area contributed by atoms with Gasteiger partial charge in [-0.05, 0) is 25.0 Å². The minimum Gasteiger partial charge on any atom is -0.376 e. The van der Waals surface area contributed by atoms with Crippen LogP contribution in [0.1, 0.15) is 55.2 Å². The molecular formula is C20H23F4N3O2. The van der Waals surface area contributed by atoms with Crippen LogP contribution in [-0.4, -0.2) is 28.4 Å². The monoisotopic (exact) mass is 413 g/mol. The lowest BCUT2D eigenvalue weighted by Gasteiger charge is -2.15. The van der Waals surface area contributed by atoms with Crippen LogP contribution in [0.15, 0.2) is 24.3 Å². The highest BCUT2D eigenvalue weighted by molar-refractivity contribution is 6.04.